The highest BCUT2D eigenvalue weighted by molar-refractivity contribution is 7.14. The van der Waals surface area contributed by atoms with Gasteiger partial charge >= 0.3 is 0 Å². The number of rotatable bonds is 12. The van der Waals surface area contributed by atoms with Gasteiger partial charge in [-0.05, 0) is 43.7 Å². The van der Waals surface area contributed by atoms with E-state index in [1.807, 2.05) is 11.3 Å². The molecule has 2 heterocycles. The Balaban J connectivity index is 1.61. The number of nitrogens with zero attached hydrogens (tertiary/aromatic N) is 2. The lowest BCUT2D eigenvalue weighted by Gasteiger charge is -2.33. The van der Waals surface area contributed by atoms with Crippen molar-refractivity contribution >= 4 is 22.3 Å². The van der Waals surface area contributed by atoms with Crippen molar-refractivity contribution in [3.05, 3.63) is 17.5 Å². The second-order valence-electron chi connectivity index (χ2n) is 6.70. The van der Waals surface area contributed by atoms with Gasteiger partial charge in [-0.1, -0.05) is 13.3 Å². The van der Waals surface area contributed by atoms with Gasteiger partial charge in [0.1, 0.15) is 0 Å². The SMILES string of the molecule is CCCCOCCOCCN=C(NCC)NC1CCN(c2cccs2)CC1. The van der Waals surface area contributed by atoms with Crippen molar-refractivity contribution in [3.8, 4) is 0 Å². The molecule has 0 amide bonds. The molecule has 2 N–H and O–H groups in total. The number of hydrogen-bond acceptors (Lipinski definition) is 5. The first-order chi connectivity index (χ1) is 13.3. The fourth-order valence-electron chi connectivity index (χ4n) is 3.00. The second-order valence-corrected chi connectivity index (χ2v) is 7.62. The Bertz CT molecular complexity index is 502. The number of unbranched alkanes of at least 4 members (excludes halogenated alkanes) is 1. The van der Waals surface area contributed by atoms with Gasteiger partial charge in [-0.15, -0.1) is 11.3 Å². The highest BCUT2D eigenvalue weighted by Gasteiger charge is 2.20. The molecule has 27 heavy (non-hydrogen) atoms. The van der Waals surface area contributed by atoms with E-state index in [9.17, 15) is 0 Å². The van der Waals surface area contributed by atoms with Crippen molar-refractivity contribution in [3.63, 3.8) is 0 Å². The first kappa shape index (κ1) is 22.0. The topological polar surface area (TPSA) is 58.1 Å². The molecule has 154 valence electrons. The van der Waals surface area contributed by atoms with Crippen LogP contribution in [0.15, 0.2) is 22.5 Å². The summed E-state index contributed by atoms with van der Waals surface area (Å²) in [5, 5.41) is 10.5. The number of anilines is 1. The largest absolute Gasteiger partial charge is 0.379 e. The average Bonchev–Trinajstić information content (AvgIpc) is 3.22. The van der Waals surface area contributed by atoms with Crippen LogP contribution in [0.4, 0.5) is 5.00 Å². The third-order valence-electron chi connectivity index (χ3n) is 4.52. The molecule has 0 bridgehead atoms. The lowest BCUT2D eigenvalue weighted by molar-refractivity contribution is 0.0497. The molecule has 6 nitrogen and oxygen atoms in total. The van der Waals surface area contributed by atoms with Crippen LogP contribution < -0.4 is 15.5 Å². The second kappa shape index (κ2) is 13.8. The van der Waals surface area contributed by atoms with Crippen LogP contribution in [0.1, 0.15) is 39.5 Å². The maximum absolute atomic E-state index is 5.59. The fraction of sp³-hybridized carbons (Fsp3) is 0.750. The number of guanidine groups is 1. The average molecular weight is 397 g/mol. The number of hydrogen-bond donors (Lipinski definition) is 2. The van der Waals surface area contributed by atoms with E-state index in [1.54, 1.807) is 0 Å². The summed E-state index contributed by atoms with van der Waals surface area (Å²) in [4.78, 5) is 7.12. The van der Waals surface area contributed by atoms with E-state index in [2.05, 4.69) is 51.9 Å². The Morgan fingerprint density at radius 3 is 2.63 bits per heavy atom. The van der Waals surface area contributed by atoms with Gasteiger partial charge in [-0.25, -0.2) is 0 Å². The van der Waals surface area contributed by atoms with Gasteiger partial charge < -0.3 is 25.0 Å². The van der Waals surface area contributed by atoms with Gasteiger partial charge in [-0.2, -0.15) is 0 Å². The maximum Gasteiger partial charge on any atom is 0.191 e. The third kappa shape index (κ3) is 8.95. The molecule has 0 spiro atoms. The van der Waals surface area contributed by atoms with Crippen LogP contribution in [0.5, 0.6) is 0 Å². The summed E-state index contributed by atoms with van der Waals surface area (Å²) in [6, 6.07) is 4.81. The zero-order chi connectivity index (χ0) is 19.2. The summed E-state index contributed by atoms with van der Waals surface area (Å²) >= 11 is 1.82. The summed E-state index contributed by atoms with van der Waals surface area (Å²) in [5.41, 5.74) is 0. The van der Waals surface area contributed by atoms with Gasteiger partial charge in [0.05, 0.1) is 31.4 Å². The van der Waals surface area contributed by atoms with Gasteiger partial charge in [0.15, 0.2) is 5.96 Å². The molecule has 1 aliphatic heterocycles. The summed E-state index contributed by atoms with van der Waals surface area (Å²) in [6.07, 6.45) is 4.55. The summed E-state index contributed by atoms with van der Waals surface area (Å²) in [5.74, 6) is 0.898. The minimum atomic E-state index is 0.479. The number of aliphatic imine (C=N–C) groups is 1. The van der Waals surface area contributed by atoms with E-state index in [4.69, 9.17) is 9.47 Å². The molecule has 1 aromatic rings. The van der Waals surface area contributed by atoms with Crippen molar-refractivity contribution in [2.24, 2.45) is 4.99 Å². The van der Waals surface area contributed by atoms with E-state index in [-0.39, 0.29) is 0 Å². The van der Waals surface area contributed by atoms with Crippen LogP contribution in [-0.2, 0) is 9.47 Å². The lowest BCUT2D eigenvalue weighted by Crippen LogP contribution is -2.48. The molecule has 1 fully saturated rings. The van der Waals surface area contributed by atoms with Gasteiger partial charge in [0, 0.05) is 32.3 Å². The van der Waals surface area contributed by atoms with Crippen LogP contribution in [-0.4, -0.2) is 64.6 Å². The fourth-order valence-corrected chi connectivity index (χ4v) is 3.78. The van der Waals surface area contributed by atoms with E-state index >= 15 is 0 Å². The molecule has 0 unspecified atom stereocenters. The molecular formula is C20H36N4O2S. The first-order valence-corrected chi connectivity index (χ1v) is 11.2. The maximum atomic E-state index is 5.59. The molecule has 2 rings (SSSR count). The molecule has 0 saturated carbocycles. The Kier molecular flexibility index (Phi) is 11.2. The van der Waals surface area contributed by atoms with Crippen molar-refractivity contribution in [1.29, 1.82) is 0 Å². The molecule has 0 radical (unpaired) electrons. The Labute approximate surface area is 168 Å². The van der Waals surface area contributed by atoms with Gasteiger partial charge in [-0.3, -0.25) is 4.99 Å². The zero-order valence-electron chi connectivity index (χ0n) is 16.9. The first-order valence-electron chi connectivity index (χ1n) is 10.3. The predicted octanol–water partition coefficient (Wildman–Crippen LogP) is 3.11. The Hall–Kier alpha value is -1.31. The highest BCUT2D eigenvalue weighted by atomic mass is 32.1. The quantitative estimate of drug-likeness (QED) is 0.323. The monoisotopic (exact) mass is 396 g/mol. The smallest absolute Gasteiger partial charge is 0.191 e. The number of ether oxygens (including phenoxy) is 2. The summed E-state index contributed by atoms with van der Waals surface area (Å²) < 4.78 is 11.1. The van der Waals surface area contributed by atoms with Crippen LogP contribution >= 0.6 is 11.3 Å². The zero-order valence-corrected chi connectivity index (χ0v) is 17.7. The molecule has 0 atom stereocenters. The van der Waals surface area contributed by atoms with Crippen LogP contribution in [0.25, 0.3) is 0 Å². The number of piperidine rings is 1. The molecule has 7 heteroatoms. The molecule has 1 saturated heterocycles. The normalized spacial score (nSPS) is 15.9. The van der Waals surface area contributed by atoms with E-state index < -0.39 is 0 Å². The standard InChI is InChI=1S/C20H36N4O2S/c1-3-5-13-25-15-16-26-14-10-22-20(21-4-2)23-18-8-11-24(12-9-18)19-7-6-17-27-19/h6-7,17-18H,3-5,8-16H2,1-2H3,(H2,21,22,23). The third-order valence-corrected chi connectivity index (χ3v) is 5.45. The van der Waals surface area contributed by atoms with Crippen molar-refractivity contribution < 1.29 is 9.47 Å². The van der Waals surface area contributed by atoms with E-state index in [1.165, 1.54) is 11.4 Å². The highest BCUT2D eigenvalue weighted by Crippen LogP contribution is 2.24. The minimum absolute atomic E-state index is 0.479. The summed E-state index contributed by atoms with van der Waals surface area (Å²) in [7, 11) is 0. The van der Waals surface area contributed by atoms with Crippen LogP contribution in [0, 0.1) is 0 Å². The van der Waals surface area contributed by atoms with Crippen molar-refractivity contribution in [2.45, 2.75) is 45.6 Å². The van der Waals surface area contributed by atoms with Crippen LogP contribution in [0.2, 0.25) is 0 Å². The Morgan fingerprint density at radius 2 is 1.96 bits per heavy atom. The van der Waals surface area contributed by atoms with Crippen molar-refractivity contribution in [1.82, 2.24) is 10.6 Å². The molecule has 0 aliphatic carbocycles. The van der Waals surface area contributed by atoms with Crippen molar-refractivity contribution in [2.75, 3.05) is 57.5 Å². The van der Waals surface area contributed by atoms with Gasteiger partial charge in [0.25, 0.3) is 0 Å². The van der Waals surface area contributed by atoms with Gasteiger partial charge in [0.2, 0.25) is 0 Å². The molecule has 1 aliphatic rings. The number of thiophene rings is 1. The molecular weight excluding hydrogens is 360 g/mol. The minimum Gasteiger partial charge on any atom is -0.379 e. The predicted molar refractivity (Wildman–Crippen MR) is 115 cm³/mol. The number of nitrogens with one attached hydrogen (secondary N) is 2. The molecule has 0 aromatic carbocycles. The lowest BCUT2D eigenvalue weighted by atomic mass is 10.1. The van der Waals surface area contributed by atoms with E-state index in [0.717, 1.165) is 51.5 Å². The Morgan fingerprint density at radius 1 is 1.19 bits per heavy atom. The van der Waals surface area contributed by atoms with Crippen LogP contribution in [0.3, 0.4) is 0 Å². The van der Waals surface area contributed by atoms with E-state index in [0.29, 0.717) is 32.4 Å². The molecule has 1 aromatic heterocycles. The summed E-state index contributed by atoms with van der Waals surface area (Å²) in [6.45, 7) is 10.8.